The van der Waals surface area contributed by atoms with Crippen LogP contribution >= 0.6 is 7.37 Å². The molecule has 0 aliphatic carbocycles. The van der Waals surface area contributed by atoms with E-state index >= 15 is 0 Å². The zero-order valence-corrected chi connectivity index (χ0v) is 14.7. The quantitative estimate of drug-likeness (QED) is 0.734. The first kappa shape index (κ1) is 18.7. The van der Waals surface area contributed by atoms with Crippen molar-refractivity contribution >= 4 is 19.2 Å². The van der Waals surface area contributed by atoms with Gasteiger partial charge in [0, 0.05) is 12.7 Å². The van der Waals surface area contributed by atoms with E-state index in [2.05, 4.69) is 0 Å². The van der Waals surface area contributed by atoms with Gasteiger partial charge in [0.05, 0.1) is 0 Å². The molecular weight excluding hydrogens is 329 g/mol. The molecule has 1 aliphatic heterocycles. The summed E-state index contributed by atoms with van der Waals surface area (Å²) in [6.07, 6.45) is 2.25. The second-order valence-corrected chi connectivity index (χ2v) is 9.01. The van der Waals surface area contributed by atoms with Gasteiger partial charge in [-0.1, -0.05) is 30.3 Å². The third kappa shape index (κ3) is 4.46. The molecule has 2 N–H and O–H groups in total. The highest BCUT2D eigenvalue weighted by atomic mass is 31.2. The van der Waals surface area contributed by atoms with Crippen LogP contribution in [0.5, 0.6) is 0 Å². The van der Waals surface area contributed by atoms with Crippen LogP contribution in [0.2, 0.25) is 0 Å². The molecule has 132 valence electrons. The summed E-state index contributed by atoms with van der Waals surface area (Å²) in [7, 11) is -3.67. The number of aryl methyl sites for hydroxylation is 1. The molecule has 1 aliphatic rings. The van der Waals surface area contributed by atoms with Crippen LogP contribution in [0.25, 0.3) is 0 Å². The summed E-state index contributed by atoms with van der Waals surface area (Å²) < 4.78 is 12.5. The minimum atomic E-state index is -3.67. The summed E-state index contributed by atoms with van der Waals surface area (Å²) in [5, 5.41) is 9.16. The van der Waals surface area contributed by atoms with Crippen LogP contribution < -0.4 is 0 Å². The van der Waals surface area contributed by atoms with Gasteiger partial charge in [0.2, 0.25) is 13.3 Å². The summed E-state index contributed by atoms with van der Waals surface area (Å²) >= 11 is 0. The van der Waals surface area contributed by atoms with Crippen molar-refractivity contribution in [2.24, 2.45) is 0 Å². The van der Waals surface area contributed by atoms with Crippen molar-refractivity contribution < 1.29 is 24.2 Å². The van der Waals surface area contributed by atoms with Crippen molar-refractivity contribution in [2.75, 3.05) is 12.7 Å². The Morgan fingerprint density at radius 2 is 2.00 bits per heavy atom. The van der Waals surface area contributed by atoms with E-state index in [0.717, 1.165) is 5.56 Å². The molecular formula is C17H24NO5P. The molecule has 1 amide bonds. The molecule has 1 fully saturated rings. The fraction of sp³-hybridized carbons (Fsp3) is 0.529. The van der Waals surface area contributed by atoms with E-state index in [1.54, 1.807) is 0 Å². The Hall–Kier alpha value is -1.65. The van der Waals surface area contributed by atoms with Gasteiger partial charge in [-0.2, -0.15) is 0 Å². The number of rotatable bonds is 7. The lowest BCUT2D eigenvalue weighted by Gasteiger charge is -2.27. The molecule has 24 heavy (non-hydrogen) atoms. The monoisotopic (exact) mass is 353 g/mol. The van der Waals surface area contributed by atoms with Crippen molar-refractivity contribution in [1.29, 1.82) is 0 Å². The van der Waals surface area contributed by atoms with Crippen LogP contribution in [0.1, 0.15) is 31.7 Å². The molecule has 0 aromatic heterocycles. The number of hydrogen-bond acceptors (Lipinski definition) is 3. The second-order valence-electron chi connectivity index (χ2n) is 6.27. The molecule has 0 saturated carbocycles. The minimum absolute atomic E-state index is 0.0559. The number of amides is 1. The maximum Gasteiger partial charge on any atom is 0.326 e. The summed E-state index contributed by atoms with van der Waals surface area (Å²) in [6, 6.07) is 8.79. The number of aliphatic carboxylic acids is 1. The zero-order valence-electron chi connectivity index (χ0n) is 13.8. The van der Waals surface area contributed by atoms with E-state index in [1.165, 1.54) is 11.8 Å². The van der Waals surface area contributed by atoms with Crippen LogP contribution in [-0.2, 0) is 20.6 Å². The number of nitrogens with zero attached hydrogens (tertiary/aromatic N) is 1. The molecule has 0 bridgehead atoms. The Balaban J connectivity index is 1.93. The third-order valence-corrected chi connectivity index (χ3v) is 6.96. The fourth-order valence-electron chi connectivity index (χ4n) is 3.05. The molecule has 2 rings (SSSR count). The van der Waals surface area contributed by atoms with Crippen LogP contribution in [0.3, 0.4) is 0 Å². The highest BCUT2D eigenvalue weighted by Crippen LogP contribution is 2.48. The standard InChI is InChI=1S/C17H24NO5P/c1-13(16(19)18-11-5-10-15(18)17(20)21)24(22,23)12-6-9-14-7-3-2-4-8-14/h2-4,7-8,13,15H,5-6,9-12H2,1H3,(H,20,21)(H,22,23)/t13?,15-/m0/s1. The van der Waals surface area contributed by atoms with Crippen molar-refractivity contribution in [3.05, 3.63) is 35.9 Å². The minimum Gasteiger partial charge on any atom is -0.480 e. The number of carboxylic acid groups (broad SMARTS) is 1. The van der Waals surface area contributed by atoms with Gasteiger partial charge in [0.15, 0.2) is 0 Å². The Morgan fingerprint density at radius 1 is 1.33 bits per heavy atom. The lowest BCUT2D eigenvalue weighted by atomic mass is 10.1. The summed E-state index contributed by atoms with van der Waals surface area (Å²) in [5.41, 5.74) is 0.0233. The van der Waals surface area contributed by atoms with Gasteiger partial charge in [0.1, 0.15) is 11.7 Å². The van der Waals surface area contributed by atoms with Crippen molar-refractivity contribution in [3.8, 4) is 0 Å². The van der Waals surface area contributed by atoms with E-state index in [9.17, 15) is 19.0 Å². The van der Waals surface area contributed by atoms with Crippen molar-refractivity contribution in [1.82, 2.24) is 4.90 Å². The Labute approximate surface area is 141 Å². The first-order valence-corrected chi connectivity index (χ1v) is 10.1. The van der Waals surface area contributed by atoms with Gasteiger partial charge >= 0.3 is 5.97 Å². The van der Waals surface area contributed by atoms with Crippen LogP contribution in [0, 0.1) is 0 Å². The average molecular weight is 353 g/mol. The van der Waals surface area contributed by atoms with Crippen molar-refractivity contribution in [2.45, 2.75) is 44.3 Å². The number of hydrogen-bond donors (Lipinski definition) is 2. The molecule has 7 heteroatoms. The van der Waals surface area contributed by atoms with E-state index < -0.39 is 30.9 Å². The first-order chi connectivity index (χ1) is 11.3. The Bertz CT molecular complexity index is 633. The van der Waals surface area contributed by atoms with E-state index in [-0.39, 0.29) is 6.16 Å². The molecule has 2 unspecified atom stereocenters. The topological polar surface area (TPSA) is 94.9 Å². The van der Waals surface area contributed by atoms with E-state index in [1.807, 2.05) is 30.3 Å². The van der Waals surface area contributed by atoms with Gasteiger partial charge in [-0.05, 0) is 38.2 Å². The van der Waals surface area contributed by atoms with E-state index in [4.69, 9.17) is 5.11 Å². The van der Waals surface area contributed by atoms with Crippen LogP contribution in [0.15, 0.2) is 30.3 Å². The number of carbonyl (C=O) groups excluding carboxylic acids is 1. The number of benzene rings is 1. The normalized spacial score (nSPS) is 21.2. The lowest BCUT2D eigenvalue weighted by molar-refractivity contribution is -0.148. The smallest absolute Gasteiger partial charge is 0.326 e. The molecule has 3 atom stereocenters. The predicted molar refractivity (Wildman–Crippen MR) is 91.3 cm³/mol. The van der Waals surface area contributed by atoms with Crippen molar-refractivity contribution in [3.63, 3.8) is 0 Å². The van der Waals surface area contributed by atoms with E-state index in [0.29, 0.717) is 32.2 Å². The average Bonchev–Trinajstić information content (AvgIpc) is 3.04. The molecule has 6 nitrogen and oxygen atoms in total. The summed E-state index contributed by atoms with van der Waals surface area (Å²) in [4.78, 5) is 35.2. The Kier molecular flexibility index (Phi) is 6.19. The molecule has 1 aromatic carbocycles. The molecule has 1 saturated heterocycles. The third-order valence-electron chi connectivity index (χ3n) is 4.57. The number of likely N-dealkylation sites (tertiary alicyclic amines) is 1. The van der Waals surface area contributed by atoms with Gasteiger partial charge in [0.25, 0.3) is 0 Å². The second kappa shape index (κ2) is 7.95. The predicted octanol–water partition coefficient (Wildman–Crippen LogP) is 2.35. The van der Waals surface area contributed by atoms with Crippen LogP contribution in [-0.4, -0.2) is 51.2 Å². The first-order valence-electron chi connectivity index (χ1n) is 8.21. The SMILES string of the molecule is CC(C(=O)N1CCC[C@H]1C(=O)O)P(=O)(O)CCCc1ccccc1. The number of carbonyl (C=O) groups is 2. The summed E-state index contributed by atoms with van der Waals surface area (Å²) in [5.74, 6) is -1.57. The summed E-state index contributed by atoms with van der Waals surface area (Å²) in [6.45, 7) is 1.77. The highest BCUT2D eigenvalue weighted by Gasteiger charge is 2.41. The lowest BCUT2D eigenvalue weighted by Crippen LogP contribution is -2.44. The molecule has 0 radical (unpaired) electrons. The van der Waals surface area contributed by atoms with Gasteiger partial charge in [-0.3, -0.25) is 9.36 Å². The molecule has 1 aromatic rings. The Morgan fingerprint density at radius 3 is 2.62 bits per heavy atom. The van der Waals surface area contributed by atoms with Crippen LogP contribution in [0.4, 0.5) is 0 Å². The highest BCUT2D eigenvalue weighted by molar-refractivity contribution is 7.59. The van der Waals surface area contributed by atoms with Gasteiger partial charge in [-0.15, -0.1) is 0 Å². The van der Waals surface area contributed by atoms with Gasteiger partial charge < -0.3 is 14.9 Å². The maximum atomic E-state index is 12.5. The zero-order chi connectivity index (χ0) is 17.7. The maximum absolute atomic E-state index is 12.5. The number of carboxylic acids is 1. The van der Waals surface area contributed by atoms with Gasteiger partial charge in [-0.25, -0.2) is 4.79 Å². The fourth-order valence-corrected chi connectivity index (χ4v) is 4.54. The molecule has 1 heterocycles. The largest absolute Gasteiger partial charge is 0.480 e. The molecule has 0 spiro atoms.